The Kier molecular flexibility index (Phi) is 8.83. The number of nitrogens with one attached hydrogen (secondary N) is 2. The van der Waals surface area contributed by atoms with Crippen LogP contribution in [0.5, 0.6) is 5.75 Å². The molecule has 6 rings (SSSR count). The number of hydrogen-bond donors (Lipinski definition) is 2. The van der Waals surface area contributed by atoms with Crippen molar-refractivity contribution in [3.63, 3.8) is 0 Å². The summed E-state index contributed by atoms with van der Waals surface area (Å²) in [6.07, 6.45) is 5.81. The molecule has 14 heteroatoms. The van der Waals surface area contributed by atoms with E-state index in [0.29, 0.717) is 50.9 Å². The molecule has 12 nitrogen and oxygen atoms in total. The van der Waals surface area contributed by atoms with Gasteiger partial charge in [-0.05, 0) is 79.7 Å². The van der Waals surface area contributed by atoms with E-state index in [1.807, 2.05) is 12.1 Å². The highest BCUT2D eigenvalue weighted by Gasteiger charge is 2.34. The van der Waals surface area contributed by atoms with Crippen molar-refractivity contribution in [3.8, 4) is 5.75 Å². The number of aryl methyl sites for hydroxylation is 1. The van der Waals surface area contributed by atoms with Gasteiger partial charge in [0.2, 0.25) is 5.95 Å². The fourth-order valence-electron chi connectivity index (χ4n) is 6.12. The van der Waals surface area contributed by atoms with Crippen molar-refractivity contribution < 1.29 is 14.0 Å². The monoisotopic (exact) mass is 683 g/mol. The number of fused-ring (bicyclic) bond motifs is 1. The van der Waals surface area contributed by atoms with E-state index in [1.54, 1.807) is 31.2 Å². The summed E-state index contributed by atoms with van der Waals surface area (Å²) >= 11 is 3.56. The maximum absolute atomic E-state index is 13.3. The van der Waals surface area contributed by atoms with E-state index in [4.69, 9.17) is 14.5 Å². The number of halogens is 1. The number of methoxy groups -OCH3 is 1. The first kappa shape index (κ1) is 30.8. The largest absolute Gasteiger partial charge is 0.494 e. The molecule has 2 aliphatic rings. The first-order valence-electron chi connectivity index (χ1n) is 14.9. The zero-order valence-corrected chi connectivity index (χ0v) is 28.2. The van der Waals surface area contributed by atoms with Crippen molar-refractivity contribution >= 4 is 63.0 Å². The van der Waals surface area contributed by atoms with Crippen LogP contribution in [0.2, 0.25) is 0 Å². The van der Waals surface area contributed by atoms with Gasteiger partial charge in [-0.2, -0.15) is 10.1 Å². The molecule has 2 N–H and O–H groups in total. The van der Waals surface area contributed by atoms with E-state index in [0.717, 1.165) is 56.9 Å². The van der Waals surface area contributed by atoms with Crippen LogP contribution in [0.15, 0.2) is 41.3 Å². The van der Waals surface area contributed by atoms with Crippen LogP contribution in [-0.2, 0) is 9.30 Å². The van der Waals surface area contributed by atoms with E-state index in [-0.39, 0.29) is 0 Å². The summed E-state index contributed by atoms with van der Waals surface area (Å²) < 4.78 is 27.1. The van der Waals surface area contributed by atoms with Gasteiger partial charge < -0.3 is 29.6 Å². The molecule has 2 saturated heterocycles. The number of ether oxygens (including phenoxy) is 2. The van der Waals surface area contributed by atoms with Gasteiger partial charge in [-0.25, -0.2) is 14.5 Å². The molecule has 0 radical (unpaired) electrons. The molecule has 234 valence electrons. The number of nitrogens with zero attached hydrogens (tertiary/aromatic N) is 7. The Morgan fingerprint density at radius 1 is 1.09 bits per heavy atom. The van der Waals surface area contributed by atoms with Gasteiger partial charge in [0.15, 0.2) is 5.65 Å². The Hall–Kier alpha value is -3.25. The summed E-state index contributed by atoms with van der Waals surface area (Å²) in [6.45, 7) is 12.5. The fourth-order valence-corrected chi connectivity index (χ4v) is 7.73. The second-order valence-corrected chi connectivity index (χ2v) is 15.7. The highest BCUT2D eigenvalue weighted by atomic mass is 79.9. The van der Waals surface area contributed by atoms with Gasteiger partial charge in [-0.15, -0.1) is 0 Å². The van der Waals surface area contributed by atoms with Gasteiger partial charge in [0.05, 0.1) is 29.1 Å². The molecule has 0 amide bonds. The minimum Gasteiger partial charge on any atom is -0.494 e. The summed E-state index contributed by atoms with van der Waals surface area (Å²) in [7, 11) is -1.06. The Morgan fingerprint density at radius 3 is 2.57 bits per heavy atom. The van der Waals surface area contributed by atoms with E-state index < -0.39 is 7.14 Å². The average Bonchev–Trinajstić information content (AvgIpc) is 3.45. The molecule has 1 aromatic carbocycles. The van der Waals surface area contributed by atoms with Gasteiger partial charge in [0.25, 0.3) is 0 Å². The van der Waals surface area contributed by atoms with Crippen molar-refractivity contribution in [2.45, 2.75) is 38.8 Å². The number of piperidine rings is 1. The Labute approximate surface area is 266 Å². The maximum Gasteiger partial charge on any atom is 0.229 e. The Morgan fingerprint density at radius 2 is 1.86 bits per heavy atom. The second kappa shape index (κ2) is 12.6. The van der Waals surface area contributed by atoms with E-state index in [1.165, 1.54) is 12.0 Å². The minimum absolute atomic E-state index is 0.390. The van der Waals surface area contributed by atoms with Crippen molar-refractivity contribution in [2.75, 3.05) is 68.8 Å². The molecular formula is C30H39BrN9O3P. The van der Waals surface area contributed by atoms with Crippen LogP contribution in [0, 0.1) is 6.92 Å². The number of likely N-dealkylation sites (tertiary alicyclic amines) is 1. The standard InChI is InChI=1S/C30H39BrN9O3P/c1-6-43-21-16-39(17-21)20-9-11-38(12-10-20)25-14-26(42-3)24(13-19(25)2)36-30-32-15-22(31)28(37-30)35-23-7-8-27-33-18-34-40(27)29(23)44(4,5)41/h7-8,13-15,18,20-21H,6,9-12,16-17H2,1-5H3,(H2,32,35,36,37). The Bertz CT molecular complexity index is 1700. The van der Waals surface area contributed by atoms with Crippen molar-refractivity contribution in [3.05, 3.63) is 46.8 Å². The summed E-state index contributed by atoms with van der Waals surface area (Å²) in [4.78, 5) is 18.5. The molecule has 44 heavy (non-hydrogen) atoms. The lowest BCUT2D eigenvalue weighted by atomic mass is 9.97. The summed E-state index contributed by atoms with van der Waals surface area (Å²) in [5, 5.41) is 11.0. The van der Waals surface area contributed by atoms with E-state index >= 15 is 0 Å². The molecular weight excluding hydrogens is 645 g/mol. The maximum atomic E-state index is 13.3. The Balaban J connectivity index is 1.18. The fraction of sp³-hybridized carbons (Fsp3) is 0.467. The minimum atomic E-state index is -2.74. The van der Waals surface area contributed by atoms with Gasteiger partial charge >= 0.3 is 0 Å². The van der Waals surface area contributed by atoms with E-state index in [2.05, 4.69) is 77.4 Å². The van der Waals surface area contributed by atoms with Crippen LogP contribution in [-0.4, -0.2) is 94.8 Å². The zero-order valence-electron chi connectivity index (χ0n) is 25.7. The molecule has 4 aromatic rings. The third kappa shape index (κ3) is 6.28. The summed E-state index contributed by atoms with van der Waals surface area (Å²) in [6, 6.07) is 8.48. The lowest BCUT2D eigenvalue weighted by Crippen LogP contribution is -2.58. The first-order chi connectivity index (χ1) is 21.1. The van der Waals surface area contributed by atoms with Gasteiger partial charge in [0, 0.05) is 56.8 Å². The van der Waals surface area contributed by atoms with Crippen LogP contribution >= 0.6 is 23.1 Å². The predicted molar refractivity (Wildman–Crippen MR) is 178 cm³/mol. The SMILES string of the molecule is CCOC1CN(C2CCN(c3cc(OC)c(Nc4ncc(Br)c(Nc5ccc6ncnn6c5P(C)(C)=O)n4)cc3C)CC2)C1. The predicted octanol–water partition coefficient (Wildman–Crippen LogP) is 5.02. The van der Waals surface area contributed by atoms with Crippen LogP contribution < -0.4 is 25.7 Å². The first-order valence-corrected chi connectivity index (χ1v) is 18.3. The number of aromatic nitrogens is 5. The molecule has 5 heterocycles. The average molecular weight is 685 g/mol. The third-order valence-electron chi connectivity index (χ3n) is 8.29. The van der Waals surface area contributed by atoms with Crippen LogP contribution in [0.3, 0.4) is 0 Å². The quantitative estimate of drug-likeness (QED) is 0.219. The number of pyridine rings is 1. The highest BCUT2D eigenvalue weighted by molar-refractivity contribution is 9.10. The molecule has 2 fully saturated rings. The topological polar surface area (TPSA) is 122 Å². The summed E-state index contributed by atoms with van der Waals surface area (Å²) in [5.41, 5.74) is 4.92. The second-order valence-electron chi connectivity index (χ2n) is 11.7. The molecule has 0 atom stereocenters. The van der Waals surface area contributed by atoms with Crippen LogP contribution in [0.4, 0.5) is 28.8 Å². The molecule has 0 unspecified atom stereocenters. The lowest BCUT2D eigenvalue weighted by molar-refractivity contribution is -0.0712. The number of rotatable bonds is 10. The highest BCUT2D eigenvalue weighted by Crippen LogP contribution is 2.40. The number of hydrogen-bond acceptors (Lipinski definition) is 11. The molecule has 0 spiro atoms. The zero-order chi connectivity index (χ0) is 31.0. The molecule has 3 aromatic heterocycles. The molecule has 0 bridgehead atoms. The molecule has 2 aliphatic heterocycles. The van der Waals surface area contributed by atoms with Crippen LogP contribution in [0.1, 0.15) is 25.3 Å². The number of anilines is 5. The van der Waals surface area contributed by atoms with Gasteiger partial charge in [-0.1, -0.05) is 0 Å². The normalized spacial score (nSPS) is 16.7. The molecule has 0 aliphatic carbocycles. The third-order valence-corrected chi connectivity index (χ3v) is 10.3. The van der Waals surface area contributed by atoms with Crippen molar-refractivity contribution in [1.29, 1.82) is 0 Å². The van der Waals surface area contributed by atoms with Crippen LogP contribution in [0.25, 0.3) is 5.65 Å². The van der Waals surface area contributed by atoms with Crippen molar-refractivity contribution in [1.82, 2.24) is 29.5 Å². The number of benzene rings is 1. The lowest BCUT2D eigenvalue weighted by Gasteiger charge is -2.47. The summed E-state index contributed by atoms with van der Waals surface area (Å²) in [5.74, 6) is 1.62. The molecule has 0 saturated carbocycles. The van der Waals surface area contributed by atoms with Gasteiger partial charge in [0.1, 0.15) is 30.5 Å². The van der Waals surface area contributed by atoms with Crippen molar-refractivity contribution in [2.24, 2.45) is 0 Å². The smallest absolute Gasteiger partial charge is 0.229 e. The van der Waals surface area contributed by atoms with E-state index in [9.17, 15) is 4.57 Å². The van der Waals surface area contributed by atoms with Gasteiger partial charge in [-0.3, -0.25) is 4.90 Å².